The molecule has 0 saturated heterocycles. The molecule has 1 aromatic carbocycles. The molecule has 44 heavy (non-hydrogen) atoms. The van der Waals surface area contributed by atoms with E-state index in [4.69, 9.17) is 5.73 Å². The molecule has 13 heteroatoms. The molecule has 0 aliphatic carbocycles. The van der Waals surface area contributed by atoms with Gasteiger partial charge in [-0.25, -0.2) is 9.97 Å². The summed E-state index contributed by atoms with van der Waals surface area (Å²) < 4.78 is 0. The lowest BCUT2D eigenvalue weighted by Crippen LogP contribution is -2.44. The van der Waals surface area contributed by atoms with E-state index in [1.54, 1.807) is 22.6 Å². The average Bonchev–Trinajstić information content (AvgIpc) is 3.68. The molecule has 4 amide bonds. The largest absolute Gasteiger partial charge is 0.351 e. The summed E-state index contributed by atoms with van der Waals surface area (Å²) in [6, 6.07) is 8.26. The predicted octanol–water partition coefficient (Wildman–Crippen LogP) is 3.61. The maximum Gasteiger partial charge on any atom is 0.271 e. The zero-order valence-electron chi connectivity index (χ0n) is 25.4. The lowest BCUT2D eigenvalue weighted by atomic mass is 10.0. The molecule has 1 aliphatic rings. The van der Waals surface area contributed by atoms with E-state index in [2.05, 4.69) is 39.8 Å². The van der Waals surface area contributed by atoms with Crippen molar-refractivity contribution >= 4 is 46.3 Å². The van der Waals surface area contributed by atoms with Gasteiger partial charge in [0.15, 0.2) is 0 Å². The number of benzene rings is 1. The summed E-state index contributed by atoms with van der Waals surface area (Å²) in [6.07, 6.45) is 2.34. The molecule has 236 valence electrons. The number of hydrogen-bond donors (Lipinski definition) is 4. The summed E-state index contributed by atoms with van der Waals surface area (Å²) in [5.41, 5.74) is 7.42. The van der Waals surface area contributed by atoms with Gasteiger partial charge in [-0.1, -0.05) is 44.2 Å². The highest BCUT2D eigenvalue weighted by molar-refractivity contribution is 7.10. The quantitative estimate of drug-likeness (QED) is 0.332. The molecular formula is C31H41N7O4S2. The minimum absolute atomic E-state index is 0.148. The minimum atomic E-state index is -0.670. The van der Waals surface area contributed by atoms with Crippen molar-refractivity contribution in [1.29, 1.82) is 0 Å². The molecule has 3 heterocycles. The van der Waals surface area contributed by atoms with Gasteiger partial charge < -0.3 is 26.6 Å². The first kappa shape index (κ1) is 33.2. The lowest BCUT2D eigenvalue weighted by Gasteiger charge is -2.25. The first-order valence-electron chi connectivity index (χ1n) is 15.0. The number of hydrogen-bond acceptors (Lipinski definition) is 9. The van der Waals surface area contributed by atoms with Gasteiger partial charge in [-0.2, -0.15) is 0 Å². The second-order valence-corrected chi connectivity index (χ2v) is 13.2. The van der Waals surface area contributed by atoms with Crippen molar-refractivity contribution in [2.45, 2.75) is 71.0 Å². The van der Waals surface area contributed by atoms with Crippen molar-refractivity contribution in [3.8, 4) is 0 Å². The van der Waals surface area contributed by atoms with Crippen molar-refractivity contribution in [3.63, 3.8) is 0 Å². The molecule has 3 atom stereocenters. The Hall–Kier alpha value is -3.68. The number of amides is 4. The van der Waals surface area contributed by atoms with Crippen LogP contribution in [0.5, 0.6) is 0 Å². The molecule has 4 rings (SSSR count). The van der Waals surface area contributed by atoms with Crippen LogP contribution in [0.25, 0.3) is 0 Å². The van der Waals surface area contributed by atoms with Crippen molar-refractivity contribution < 1.29 is 19.2 Å². The second kappa shape index (κ2) is 15.9. The van der Waals surface area contributed by atoms with Crippen LogP contribution in [-0.2, 0) is 16.0 Å². The molecule has 1 unspecified atom stereocenters. The number of carbonyl (C=O) groups excluding carboxylic acids is 4. The number of nitrogens with two attached hydrogens (primary N) is 1. The van der Waals surface area contributed by atoms with Gasteiger partial charge in [0.1, 0.15) is 21.4 Å². The number of fused-ring (bicyclic) bond motifs is 4. The van der Waals surface area contributed by atoms with E-state index in [1.807, 2.05) is 30.3 Å². The monoisotopic (exact) mass is 639 g/mol. The molecule has 5 N–H and O–H groups in total. The first-order chi connectivity index (χ1) is 21.1. The third-order valence-corrected chi connectivity index (χ3v) is 9.08. The van der Waals surface area contributed by atoms with Crippen LogP contribution in [0.4, 0.5) is 0 Å². The molecule has 2 aromatic heterocycles. The fraction of sp³-hybridized carbons (Fsp3) is 0.484. The maximum atomic E-state index is 13.5. The van der Waals surface area contributed by atoms with E-state index in [-0.39, 0.29) is 53.4 Å². The molecule has 0 spiro atoms. The van der Waals surface area contributed by atoms with Crippen molar-refractivity contribution in [1.82, 2.24) is 30.8 Å². The number of aromatic nitrogens is 2. The maximum absolute atomic E-state index is 13.5. The van der Waals surface area contributed by atoms with Gasteiger partial charge in [-0.05, 0) is 44.1 Å². The Labute approximate surface area is 266 Å². The standard InChI is InChI=1S/C31H41N7O4S2/c1-19(2)15-22-29-37-25(18-44-29)28(41)35-23(16-21-9-5-4-6-10-21)30-36-24(17-43-30)27(40)33-12-8-14-38(31(42)20(3)32)13-7-11-26(39)34-22/h4-6,9-10,17-20,22-23H,7-8,11-16,32H2,1-3H3,(H,33,40)(H,34,39)(H,35,41)/t20-,22?,23+/m1/s1. The summed E-state index contributed by atoms with van der Waals surface area (Å²) in [5, 5.41) is 13.7. The fourth-order valence-electron chi connectivity index (χ4n) is 4.96. The highest BCUT2D eigenvalue weighted by Crippen LogP contribution is 2.27. The van der Waals surface area contributed by atoms with Crippen LogP contribution in [0.15, 0.2) is 41.1 Å². The van der Waals surface area contributed by atoms with E-state index >= 15 is 0 Å². The third-order valence-electron chi connectivity index (χ3n) is 7.16. The van der Waals surface area contributed by atoms with Gasteiger partial charge in [0, 0.05) is 36.8 Å². The highest BCUT2D eigenvalue weighted by Gasteiger charge is 2.26. The van der Waals surface area contributed by atoms with Gasteiger partial charge in [0.05, 0.1) is 18.1 Å². The van der Waals surface area contributed by atoms with Gasteiger partial charge in [0.2, 0.25) is 11.8 Å². The Morgan fingerprint density at radius 1 is 0.932 bits per heavy atom. The van der Waals surface area contributed by atoms with Crippen LogP contribution >= 0.6 is 22.7 Å². The first-order valence-corrected chi connectivity index (χ1v) is 16.7. The number of rotatable bonds is 5. The van der Waals surface area contributed by atoms with Crippen LogP contribution < -0.4 is 21.7 Å². The Morgan fingerprint density at radius 2 is 1.57 bits per heavy atom. The summed E-state index contributed by atoms with van der Waals surface area (Å²) in [5.74, 6) is -0.751. The molecule has 0 fully saturated rings. The zero-order valence-corrected chi connectivity index (χ0v) is 27.0. The lowest BCUT2D eigenvalue weighted by molar-refractivity contribution is -0.132. The van der Waals surface area contributed by atoms with Gasteiger partial charge in [-0.15, -0.1) is 22.7 Å². The van der Waals surface area contributed by atoms with Crippen LogP contribution in [0.2, 0.25) is 0 Å². The van der Waals surface area contributed by atoms with E-state index in [0.717, 1.165) is 5.56 Å². The predicted molar refractivity (Wildman–Crippen MR) is 171 cm³/mol. The number of thiazole rings is 2. The van der Waals surface area contributed by atoms with Crippen molar-refractivity contribution in [2.24, 2.45) is 11.7 Å². The van der Waals surface area contributed by atoms with Crippen LogP contribution in [0.3, 0.4) is 0 Å². The molecule has 4 bridgehead atoms. The molecular weight excluding hydrogens is 599 g/mol. The normalized spacial score (nSPS) is 19.8. The Bertz CT molecular complexity index is 1420. The smallest absolute Gasteiger partial charge is 0.271 e. The summed E-state index contributed by atoms with van der Waals surface area (Å²) in [6.45, 7) is 6.88. The summed E-state index contributed by atoms with van der Waals surface area (Å²) >= 11 is 2.65. The molecule has 11 nitrogen and oxygen atoms in total. The van der Waals surface area contributed by atoms with E-state index in [9.17, 15) is 19.2 Å². The molecule has 1 aliphatic heterocycles. The van der Waals surface area contributed by atoms with Gasteiger partial charge in [-0.3, -0.25) is 19.2 Å². The van der Waals surface area contributed by atoms with E-state index < -0.39 is 12.1 Å². The third kappa shape index (κ3) is 9.41. The van der Waals surface area contributed by atoms with Crippen molar-refractivity contribution in [2.75, 3.05) is 19.6 Å². The number of nitrogens with zero attached hydrogens (tertiary/aromatic N) is 3. The summed E-state index contributed by atoms with van der Waals surface area (Å²) in [7, 11) is 0. The zero-order chi connectivity index (χ0) is 31.6. The van der Waals surface area contributed by atoms with Crippen LogP contribution in [-0.4, -0.2) is 64.2 Å². The highest BCUT2D eigenvalue weighted by atomic mass is 32.1. The van der Waals surface area contributed by atoms with E-state index in [1.165, 1.54) is 22.7 Å². The minimum Gasteiger partial charge on any atom is -0.351 e. The SMILES string of the molecule is CC(C)CC1NC(=O)CCCN(C(=O)[C@@H](C)N)CCCNC(=O)c2csc(n2)[C@H](Cc2ccccc2)NC(=O)c2csc1n2. The Balaban J connectivity index is 1.62. The fourth-order valence-corrected chi connectivity index (χ4v) is 6.67. The topological polar surface area (TPSA) is 159 Å². The van der Waals surface area contributed by atoms with Gasteiger partial charge >= 0.3 is 0 Å². The molecule has 0 saturated carbocycles. The van der Waals surface area contributed by atoms with Crippen LogP contribution in [0.1, 0.15) is 95.1 Å². The van der Waals surface area contributed by atoms with E-state index in [0.29, 0.717) is 55.3 Å². The number of nitrogens with one attached hydrogen (secondary N) is 3. The van der Waals surface area contributed by atoms with Crippen molar-refractivity contribution in [3.05, 3.63) is 68.1 Å². The molecule has 0 radical (unpaired) electrons. The Kier molecular flexibility index (Phi) is 12.0. The Morgan fingerprint density at radius 3 is 2.23 bits per heavy atom. The van der Waals surface area contributed by atoms with Gasteiger partial charge in [0.25, 0.3) is 11.8 Å². The van der Waals surface area contributed by atoms with Crippen LogP contribution in [0, 0.1) is 5.92 Å². The average molecular weight is 640 g/mol. The second-order valence-electron chi connectivity index (χ2n) is 11.4. The molecule has 3 aromatic rings. The summed E-state index contributed by atoms with van der Waals surface area (Å²) in [4.78, 5) is 63.0. The number of carbonyl (C=O) groups is 4.